The van der Waals surface area contributed by atoms with Gasteiger partial charge in [0.1, 0.15) is 17.4 Å². The van der Waals surface area contributed by atoms with Crippen molar-refractivity contribution < 1.29 is 13.9 Å². The molecule has 1 aliphatic rings. The summed E-state index contributed by atoms with van der Waals surface area (Å²) in [6.07, 6.45) is 2.18. The summed E-state index contributed by atoms with van der Waals surface area (Å²) in [5.74, 6) is 1.11. The molecule has 0 bridgehead atoms. The number of ether oxygens (including phenoxy) is 2. The van der Waals surface area contributed by atoms with E-state index < -0.39 is 0 Å². The third kappa shape index (κ3) is 3.71. The average Bonchev–Trinajstić information content (AvgIpc) is 3.46. The third-order valence-corrected chi connectivity index (χ3v) is 5.51. The molecule has 2 aromatic carbocycles. The fourth-order valence-corrected chi connectivity index (χ4v) is 3.92. The first-order chi connectivity index (χ1) is 15.6. The van der Waals surface area contributed by atoms with Crippen molar-refractivity contribution in [3.63, 3.8) is 0 Å². The van der Waals surface area contributed by atoms with E-state index in [2.05, 4.69) is 15.4 Å². The molecule has 0 radical (unpaired) electrons. The molecule has 8 nitrogen and oxygen atoms in total. The lowest BCUT2D eigenvalue weighted by Crippen LogP contribution is -2.19. The number of fused-ring (bicyclic) bond motifs is 1. The van der Waals surface area contributed by atoms with Gasteiger partial charge in [0.25, 0.3) is 0 Å². The maximum atomic E-state index is 13.4. The number of nitrogens with two attached hydrogens (primary N) is 1. The molecule has 164 valence electrons. The highest BCUT2D eigenvalue weighted by molar-refractivity contribution is 6.00. The van der Waals surface area contributed by atoms with Gasteiger partial charge in [0, 0.05) is 18.7 Å². The Morgan fingerprint density at radius 1 is 1.19 bits per heavy atom. The Labute approximate surface area is 184 Å². The molecule has 1 fully saturated rings. The number of benzene rings is 2. The fraction of sp³-hybridized carbons (Fsp3) is 0.261. The lowest BCUT2D eigenvalue weighted by molar-refractivity contribution is 0.120. The Hall–Kier alpha value is -3.72. The molecule has 1 atom stereocenters. The fourth-order valence-electron chi connectivity index (χ4n) is 3.92. The summed E-state index contributed by atoms with van der Waals surface area (Å²) in [4.78, 5) is 9.37. The standard InChI is InChI=1S/C23H23FN6O2/c1-31-18-7-3-2-6-17(18)20-19-21(25)30(15-10-8-14(24)9-11-15)29-22(19)28-23(27-20)26-13-16-5-4-12-32-16/h2-3,6-11,16H,4-5,12-13,25H2,1H3,(H,26,28,29)/t16-/m1/s1. The normalized spacial score (nSPS) is 15.9. The second-order valence-corrected chi connectivity index (χ2v) is 7.58. The van der Waals surface area contributed by atoms with E-state index in [4.69, 9.17) is 20.2 Å². The first kappa shape index (κ1) is 20.2. The van der Waals surface area contributed by atoms with Crippen LogP contribution in [-0.2, 0) is 4.74 Å². The predicted molar refractivity (Wildman–Crippen MR) is 120 cm³/mol. The van der Waals surface area contributed by atoms with E-state index >= 15 is 0 Å². The van der Waals surface area contributed by atoms with Gasteiger partial charge in [-0.3, -0.25) is 0 Å². The van der Waals surface area contributed by atoms with Gasteiger partial charge < -0.3 is 20.5 Å². The maximum absolute atomic E-state index is 13.4. The number of hydrogen-bond acceptors (Lipinski definition) is 7. The summed E-state index contributed by atoms with van der Waals surface area (Å²) in [6, 6.07) is 13.5. The first-order valence-corrected chi connectivity index (χ1v) is 10.4. The topological polar surface area (TPSA) is 100 Å². The molecule has 4 aromatic rings. The van der Waals surface area contributed by atoms with Gasteiger partial charge in [-0.1, -0.05) is 12.1 Å². The minimum absolute atomic E-state index is 0.130. The zero-order chi connectivity index (χ0) is 22.1. The van der Waals surface area contributed by atoms with Crippen LogP contribution in [0.5, 0.6) is 5.75 Å². The Morgan fingerprint density at radius 3 is 2.75 bits per heavy atom. The minimum atomic E-state index is -0.334. The number of nitrogen functional groups attached to an aromatic ring is 1. The van der Waals surface area contributed by atoms with E-state index in [9.17, 15) is 4.39 Å². The number of rotatable bonds is 6. The largest absolute Gasteiger partial charge is 0.496 e. The van der Waals surface area contributed by atoms with Gasteiger partial charge in [0.2, 0.25) is 5.95 Å². The van der Waals surface area contributed by atoms with E-state index in [1.54, 1.807) is 23.9 Å². The van der Waals surface area contributed by atoms with Crippen LogP contribution in [0.4, 0.5) is 16.2 Å². The van der Waals surface area contributed by atoms with Crippen LogP contribution in [0.25, 0.3) is 28.0 Å². The third-order valence-electron chi connectivity index (χ3n) is 5.51. The molecule has 0 amide bonds. The molecule has 0 unspecified atom stereocenters. The summed E-state index contributed by atoms with van der Waals surface area (Å²) >= 11 is 0. The van der Waals surface area contributed by atoms with Crippen molar-refractivity contribution in [3.05, 3.63) is 54.3 Å². The lowest BCUT2D eigenvalue weighted by atomic mass is 10.1. The molecule has 2 aromatic heterocycles. The van der Waals surface area contributed by atoms with E-state index in [0.717, 1.165) is 25.0 Å². The average molecular weight is 434 g/mol. The second kappa shape index (κ2) is 8.43. The molecule has 5 rings (SSSR count). The highest BCUT2D eigenvalue weighted by Gasteiger charge is 2.22. The van der Waals surface area contributed by atoms with Gasteiger partial charge in [-0.2, -0.15) is 4.98 Å². The van der Waals surface area contributed by atoms with Crippen molar-refractivity contribution in [2.45, 2.75) is 18.9 Å². The van der Waals surface area contributed by atoms with Gasteiger partial charge in [-0.05, 0) is 49.2 Å². The van der Waals surface area contributed by atoms with Crippen LogP contribution in [0.1, 0.15) is 12.8 Å². The van der Waals surface area contributed by atoms with Gasteiger partial charge in [0.15, 0.2) is 5.65 Å². The molecule has 9 heteroatoms. The van der Waals surface area contributed by atoms with Crippen molar-refractivity contribution in [3.8, 4) is 22.7 Å². The SMILES string of the molecule is COc1ccccc1-c1nc(NC[C@H]2CCCO2)nc2nn(-c3ccc(F)cc3)c(N)c12. The molecular formula is C23H23FN6O2. The number of anilines is 2. The zero-order valence-electron chi connectivity index (χ0n) is 17.6. The lowest BCUT2D eigenvalue weighted by Gasteiger charge is -2.13. The number of nitrogens with zero attached hydrogens (tertiary/aromatic N) is 4. The van der Waals surface area contributed by atoms with Gasteiger partial charge in [0.05, 0.1) is 30.0 Å². The minimum Gasteiger partial charge on any atom is -0.496 e. The van der Waals surface area contributed by atoms with Crippen LogP contribution < -0.4 is 15.8 Å². The van der Waals surface area contributed by atoms with Crippen molar-refractivity contribution in [1.82, 2.24) is 19.7 Å². The molecule has 0 aliphatic carbocycles. The van der Waals surface area contributed by atoms with Crippen LogP contribution in [0, 0.1) is 5.82 Å². The Morgan fingerprint density at radius 2 is 2.00 bits per heavy atom. The van der Waals surface area contributed by atoms with Gasteiger partial charge in [-0.15, -0.1) is 5.10 Å². The number of hydrogen-bond donors (Lipinski definition) is 2. The molecule has 0 saturated carbocycles. The van der Waals surface area contributed by atoms with Crippen LogP contribution >= 0.6 is 0 Å². The van der Waals surface area contributed by atoms with E-state index in [1.807, 2.05) is 24.3 Å². The molecule has 3 heterocycles. The number of methoxy groups -OCH3 is 1. The van der Waals surface area contributed by atoms with Crippen molar-refractivity contribution in [2.75, 3.05) is 31.3 Å². The first-order valence-electron chi connectivity index (χ1n) is 10.4. The van der Waals surface area contributed by atoms with Crippen molar-refractivity contribution >= 4 is 22.8 Å². The van der Waals surface area contributed by atoms with Gasteiger partial charge >= 0.3 is 0 Å². The van der Waals surface area contributed by atoms with Crippen LogP contribution in [0.2, 0.25) is 0 Å². The molecule has 32 heavy (non-hydrogen) atoms. The smallest absolute Gasteiger partial charge is 0.225 e. The molecule has 1 aliphatic heterocycles. The summed E-state index contributed by atoms with van der Waals surface area (Å²) < 4.78 is 26.2. The Balaban J connectivity index is 1.66. The van der Waals surface area contributed by atoms with Crippen LogP contribution in [-0.4, -0.2) is 46.1 Å². The van der Waals surface area contributed by atoms with E-state index in [-0.39, 0.29) is 11.9 Å². The van der Waals surface area contributed by atoms with Gasteiger partial charge in [-0.25, -0.2) is 14.1 Å². The zero-order valence-corrected chi connectivity index (χ0v) is 17.6. The molecule has 1 saturated heterocycles. The maximum Gasteiger partial charge on any atom is 0.225 e. The van der Waals surface area contributed by atoms with E-state index in [0.29, 0.717) is 46.5 Å². The monoisotopic (exact) mass is 434 g/mol. The summed E-state index contributed by atoms with van der Waals surface area (Å²) in [6.45, 7) is 1.38. The molecule has 0 spiro atoms. The van der Waals surface area contributed by atoms with Crippen LogP contribution in [0.15, 0.2) is 48.5 Å². The predicted octanol–water partition coefficient (Wildman–Crippen LogP) is 3.80. The number of nitrogens with one attached hydrogen (secondary N) is 1. The number of halogens is 1. The quantitative estimate of drug-likeness (QED) is 0.476. The second-order valence-electron chi connectivity index (χ2n) is 7.58. The van der Waals surface area contributed by atoms with Crippen LogP contribution in [0.3, 0.4) is 0 Å². The summed E-state index contributed by atoms with van der Waals surface area (Å²) in [5.41, 5.74) is 8.94. The highest BCUT2D eigenvalue weighted by atomic mass is 19.1. The number of aromatic nitrogens is 4. The molecule has 3 N–H and O–H groups in total. The summed E-state index contributed by atoms with van der Waals surface area (Å²) in [7, 11) is 1.61. The van der Waals surface area contributed by atoms with Crippen molar-refractivity contribution in [2.24, 2.45) is 0 Å². The van der Waals surface area contributed by atoms with E-state index in [1.165, 1.54) is 12.1 Å². The van der Waals surface area contributed by atoms with Crippen molar-refractivity contribution in [1.29, 1.82) is 0 Å². The molecular weight excluding hydrogens is 411 g/mol. The Kier molecular flexibility index (Phi) is 5.32. The number of para-hydroxylation sites is 1. The highest BCUT2D eigenvalue weighted by Crippen LogP contribution is 2.37. The summed E-state index contributed by atoms with van der Waals surface area (Å²) in [5, 5.41) is 8.47. The Bertz CT molecular complexity index is 1250.